The van der Waals surface area contributed by atoms with Crippen molar-refractivity contribution in [1.82, 2.24) is 0 Å². The highest BCUT2D eigenvalue weighted by atomic mass is 127. The largest absolute Gasteiger partial charge is 0.384 e. The summed E-state index contributed by atoms with van der Waals surface area (Å²) in [5.41, 5.74) is 1.86. The second-order valence-electron chi connectivity index (χ2n) is 3.51. The van der Waals surface area contributed by atoms with E-state index in [4.69, 9.17) is 0 Å². The quantitative estimate of drug-likeness (QED) is 0.618. The Hall–Kier alpha value is -0.140. The lowest BCUT2D eigenvalue weighted by atomic mass is 10.0. The second kappa shape index (κ2) is 8.12. The maximum atomic E-state index is 10.2. The molecule has 96 valence electrons. The Labute approximate surface area is 136 Å². The Morgan fingerprint density at radius 2 is 1.00 bits per heavy atom. The molecule has 1 nitrogen and oxygen atoms in total. The molecule has 1 N–H and O–H groups in total. The van der Waals surface area contributed by atoms with E-state index in [1.807, 2.05) is 62.4 Å². The van der Waals surface area contributed by atoms with Crippen molar-refractivity contribution in [2.45, 2.75) is 20.0 Å². The summed E-state index contributed by atoms with van der Waals surface area (Å²) in [6, 6.07) is 15.9. The normalized spacial score (nSPS) is 9.89. The van der Waals surface area contributed by atoms with E-state index in [0.29, 0.717) is 0 Å². The molecule has 0 saturated heterocycles. The van der Waals surface area contributed by atoms with E-state index in [1.165, 1.54) is 7.14 Å². The molecule has 2 rings (SSSR count). The lowest BCUT2D eigenvalue weighted by molar-refractivity contribution is 0.220. The van der Waals surface area contributed by atoms with Crippen LogP contribution in [0.25, 0.3) is 0 Å². The molecule has 0 fully saturated rings. The number of benzene rings is 2. The molecule has 0 aliphatic rings. The summed E-state index contributed by atoms with van der Waals surface area (Å²) < 4.78 is 2.35. The Morgan fingerprint density at radius 1 is 0.722 bits per heavy atom. The number of hydrogen-bond acceptors (Lipinski definition) is 1. The molecule has 0 aliphatic carbocycles. The summed E-state index contributed by atoms with van der Waals surface area (Å²) in [5.74, 6) is 0. The van der Waals surface area contributed by atoms with Gasteiger partial charge in [0.15, 0.2) is 0 Å². The number of aliphatic hydroxyl groups excluding tert-OH is 1. The third-order valence-corrected chi connectivity index (χ3v) is 3.81. The summed E-state index contributed by atoms with van der Waals surface area (Å²) in [7, 11) is 0. The third-order valence-electron chi connectivity index (χ3n) is 2.37. The molecule has 0 radical (unpaired) electrons. The van der Waals surface area contributed by atoms with Crippen molar-refractivity contribution in [3.63, 3.8) is 0 Å². The lowest BCUT2D eigenvalue weighted by Crippen LogP contribution is -1.99. The molecular formula is C15H16I2O. The van der Waals surface area contributed by atoms with Crippen LogP contribution >= 0.6 is 45.2 Å². The number of rotatable bonds is 2. The number of aliphatic hydroxyl groups is 1. The minimum atomic E-state index is -0.533. The van der Waals surface area contributed by atoms with Crippen molar-refractivity contribution in [2.24, 2.45) is 0 Å². The van der Waals surface area contributed by atoms with Gasteiger partial charge in [-0.05, 0) is 80.6 Å². The first-order valence-corrected chi connectivity index (χ1v) is 8.01. The van der Waals surface area contributed by atoms with Crippen molar-refractivity contribution in [1.29, 1.82) is 0 Å². The van der Waals surface area contributed by atoms with Gasteiger partial charge in [0.1, 0.15) is 6.10 Å². The first-order valence-electron chi connectivity index (χ1n) is 5.86. The van der Waals surface area contributed by atoms with Crippen LogP contribution in [-0.2, 0) is 0 Å². The molecule has 0 atom stereocenters. The van der Waals surface area contributed by atoms with Gasteiger partial charge in [-0.2, -0.15) is 0 Å². The van der Waals surface area contributed by atoms with Crippen LogP contribution in [0.2, 0.25) is 0 Å². The summed E-state index contributed by atoms with van der Waals surface area (Å²) in [4.78, 5) is 0. The topological polar surface area (TPSA) is 20.2 Å². The Balaban J connectivity index is 0.000000771. The van der Waals surface area contributed by atoms with Crippen LogP contribution < -0.4 is 0 Å². The van der Waals surface area contributed by atoms with Crippen molar-refractivity contribution < 1.29 is 5.11 Å². The van der Waals surface area contributed by atoms with Gasteiger partial charge in [-0.25, -0.2) is 0 Å². The van der Waals surface area contributed by atoms with E-state index < -0.39 is 6.10 Å². The molecule has 2 aromatic rings. The minimum Gasteiger partial charge on any atom is -0.384 e. The Morgan fingerprint density at radius 3 is 1.28 bits per heavy atom. The summed E-state index contributed by atoms with van der Waals surface area (Å²) in [6.07, 6.45) is -0.533. The average Bonchev–Trinajstić information content (AvgIpc) is 2.42. The highest BCUT2D eigenvalue weighted by Crippen LogP contribution is 2.23. The third kappa shape index (κ3) is 4.51. The maximum Gasteiger partial charge on any atom is 0.104 e. The molecule has 0 unspecified atom stereocenters. The van der Waals surface area contributed by atoms with Gasteiger partial charge in [0.2, 0.25) is 0 Å². The van der Waals surface area contributed by atoms with E-state index in [9.17, 15) is 5.11 Å². The van der Waals surface area contributed by atoms with E-state index in [0.717, 1.165) is 11.1 Å². The van der Waals surface area contributed by atoms with Crippen LogP contribution in [-0.4, -0.2) is 5.11 Å². The highest BCUT2D eigenvalue weighted by Gasteiger charge is 2.09. The molecule has 18 heavy (non-hydrogen) atoms. The van der Waals surface area contributed by atoms with Crippen molar-refractivity contribution in [2.75, 3.05) is 0 Å². The molecule has 0 spiro atoms. The van der Waals surface area contributed by atoms with Gasteiger partial charge < -0.3 is 5.11 Å². The smallest absolute Gasteiger partial charge is 0.104 e. The first-order chi connectivity index (χ1) is 8.66. The zero-order valence-electron chi connectivity index (χ0n) is 10.4. The van der Waals surface area contributed by atoms with Crippen molar-refractivity contribution in [3.8, 4) is 0 Å². The van der Waals surface area contributed by atoms with Crippen LogP contribution in [0.3, 0.4) is 0 Å². The molecule has 0 heterocycles. The zero-order valence-corrected chi connectivity index (χ0v) is 14.7. The van der Waals surface area contributed by atoms with Gasteiger partial charge in [-0.1, -0.05) is 38.1 Å². The number of halogens is 2. The van der Waals surface area contributed by atoms with Crippen molar-refractivity contribution >= 4 is 45.2 Å². The monoisotopic (exact) mass is 466 g/mol. The molecule has 0 bridgehead atoms. The van der Waals surface area contributed by atoms with Crippen molar-refractivity contribution in [3.05, 3.63) is 66.8 Å². The Bertz CT molecular complexity index is 417. The SMILES string of the molecule is CC.OC(c1ccc(I)cc1)c1ccc(I)cc1. The van der Waals surface area contributed by atoms with Gasteiger partial charge in [0, 0.05) is 7.14 Å². The van der Waals surface area contributed by atoms with Crippen LogP contribution in [0.5, 0.6) is 0 Å². The minimum absolute atomic E-state index is 0.533. The van der Waals surface area contributed by atoms with Gasteiger partial charge in [-0.15, -0.1) is 0 Å². The van der Waals surface area contributed by atoms with Crippen LogP contribution in [0.15, 0.2) is 48.5 Å². The highest BCUT2D eigenvalue weighted by molar-refractivity contribution is 14.1. The molecule has 3 heteroatoms. The van der Waals surface area contributed by atoms with Crippen LogP contribution in [0.4, 0.5) is 0 Å². The number of hydrogen-bond donors (Lipinski definition) is 1. The Kier molecular flexibility index (Phi) is 7.18. The van der Waals surface area contributed by atoms with E-state index in [2.05, 4.69) is 45.2 Å². The maximum absolute atomic E-state index is 10.2. The van der Waals surface area contributed by atoms with Gasteiger partial charge >= 0.3 is 0 Å². The second-order valence-corrected chi connectivity index (χ2v) is 6.00. The molecular weight excluding hydrogens is 450 g/mol. The fraction of sp³-hybridized carbons (Fsp3) is 0.200. The molecule has 0 aromatic heterocycles. The van der Waals surface area contributed by atoms with E-state index in [-0.39, 0.29) is 0 Å². The molecule has 0 aliphatic heterocycles. The van der Waals surface area contributed by atoms with E-state index >= 15 is 0 Å². The van der Waals surface area contributed by atoms with Crippen LogP contribution in [0.1, 0.15) is 31.1 Å². The standard InChI is InChI=1S/C13H10I2O.C2H6/c14-11-5-1-9(2-6-11)13(16)10-3-7-12(15)8-4-10;1-2/h1-8,13,16H;1-2H3. The van der Waals surface area contributed by atoms with Crippen LogP contribution in [0, 0.1) is 7.14 Å². The molecule has 0 amide bonds. The average molecular weight is 466 g/mol. The summed E-state index contributed by atoms with van der Waals surface area (Å²) in [5, 5.41) is 10.2. The van der Waals surface area contributed by atoms with Gasteiger partial charge in [-0.3, -0.25) is 0 Å². The first kappa shape index (κ1) is 15.9. The fourth-order valence-corrected chi connectivity index (χ4v) is 2.20. The molecule has 2 aromatic carbocycles. The van der Waals surface area contributed by atoms with Gasteiger partial charge in [0.05, 0.1) is 0 Å². The zero-order chi connectivity index (χ0) is 13.5. The predicted molar refractivity (Wildman–Crippen MR) is 93.7 cm³/mol. The van der Waals surface area contributed by atoms with E-state index in [1.54, 1.807) is 0 Å². The summed E-state index contributed by atoms with van der Waals surface area (Å²) in [6.45, 7) is 4.00. The fourth-order valence-electron chi connectivity index (χ4n) is 1.48. The van der Waals surface area contributed by atoms with Gasteiger partial charge in [0.25, 0.3) is 0 Å². The summed E-state index contributed by atoms with van der Waals surface area (Å²) >= 11 is 4.51. The predicted octanol–water partition coefficient (Wildman–Crippen LogP) is 5.00. The molecule has 0 saturated carbocycles. The lowest BCUT2D eigenvalue weighted by Gasteiger charge is -2.11.